The summed E-state index contributed by atoms with van der Waals surface area (Å²) >= 11 is 0. The molecule has 0 unspecified atom stereocenters. The number of aromatic nitrogens is 1. The van der Waals surface area contributed by atoms with E-state index in [9.17, 15) is 0 Å². The van der Waals surface area contributed by atoms with Gasteiger partial charge < -0.3 is 14.7 Å². The minimum Gasteiger partial charge on any atom is -0.393 e. The van der Waals surface area contributed by atoms with Crippen molar-refractivity contribution in [2.24, 2.45) is 5.16 Å². The first-order chi connectivity index (χ1) is 15.6. The molecule has 1 aromatic heterocycles. The van der Waals surface area contributed by atoms with E-state index in [0.717, 1.165) is 42.2 Å². The zero-order chi connectivity index (χ0) is 22.5. The molecule has 0 aliphatic carbocycles. The minimum atomic E-state index is 0.0402. The summed E-state index contributed by atoms with van der Waals surface area (Å²) in [7, 11) is 0. The molecule has 3 aromatic carbocycles. The van der Waals surface area contributed by atoms with Crippen molar-refractivity contribution in [2.45, 2.75) is 53.3 Å². The first-order valence-corrected chi connectivity index (χ1v) is 11.5. The van der Waals surface area contributed by atoms with Crippen molar-refractivity contribution in [1.82, 2.24) is 9.88 Å². The van der Waals surface area contributed by atoms with E-state index in [-0.39, 0.29) is 6.10 Å². The van der Waals surface area contributed by atoms with E-state index < -0.39 is 0 Å². The molecule has 4 heteroatoms. The largest absolute Gasteiger partial charge is 0.393 e. The second-order valence-electron chi connectivity index (χ2n) is 8.68. The van der Waals surface area contributed by atoms with E-state index in [4.69, 9.17) is 4.84 Å². The monoisotopic (exact) mass is 427 g/mol. The van der Waals surface area contributed by atoms with Gasteiger partial charge in [0.25, 0.3) is 0 Å². The van der Waals surface area contributed by atoms with Crippen LogP contribution in [0.1, 0.15) is 37.0 Å². The Morgan fingerprint density at radius 2 is 1.66 bits per heavy atom. The molecule has 4 nitrogen and oxygen atoms in total. The highest BCUT2D eigenvalue weighted by molar-refractivity contribution is 5.95. The third-order valence-electron chi connectivity index (χ3n) is 5.94. The van der Waals surface area contributed by atoms with Crippen molar-refractivity contribution >= 4 is 21.8 Å². The summed E-state index contributed by atoms with van der Waals surface area (Å²) in [6.45, 7) is 11.2. The molecule has 0 saturated carbocycles. The van der Waals surface area contributed by atoms with Crippen molar-refractivity contribution in [3.05, 3.63) is 88.8 Å². The Bertz CT molecular complexity index is 1270. The molecule has 32 heavy (non-hydrogen) atoms. The second-order valence-corrected chi connectivity index (χ2v) is 8.68. The molecule has 0 spiro atoms. The molecule has 1 heterocycles. The third-order valence-corrected chi connectivity index (χ3v) is 5.94. The zero-order valence-electron chi connectivity index (χ0n) is 19.6. The SMILES string of the molecule is Cc1ccc2/c(=N/OC(C)C)c3ccccc3n(CCCNCc3ccccc3)c2c1C. The summed E-state index contributed by atoms with van der Waals surface area (Å²) in [5.74, 6) is 0. The van der Waals surface area contributed by atoms with E-state index in [1.54, 1.807) is 0 Å². The van der Waals surface area contributed by atoms with Crippen LogP contribution in [0.4, 0.5) is 0 Å². The predicted molar refractivity (Wildman–Crippen MR) is 133 cm³/mol. The quantitative estimate of drug-likeness (QED) is 0.218. The van der Waals surface area contributed by atoms with Crippen molar-refractivity contribution in [3.63, 3.8) is 0 Å². The van der Waals surface area contributed by atoms with E-state index in [0.29, 0.717) is 0 Å². The number of aryl methyl sites for hydroxylation is 3. The standard InChI is InChI=1S/C28H33N3O/c1-20(2)32-30-27-24-13-8-9-14-26(24)31(28-22(4)21(3)15-16-25(27)28)18-10-17-29-19-23-11-6-5-7-12-23/h5-9,11-16,20,29H,10,17-19H2,1-4H3/b30-27+. The molecule has 0 saturated heterocycles. The molecular formula is C28H33N3O. The lowest BCUT2D eigenvalue weighted by atomic mass is 10.0. The Hall–Kier alpha value is -3.11. The highest BCUT2D eigenvalue weighted by Gasteiger charge is 2.13. The Balaban J connectivity index is 1.71. The van der Waals surface area contributed by atoms with Crippen LogP contribution in [0.15, 0.2) is 71.9 Å². The highest BCUT2D eigenvalue weighted by atomic mass is 16.6. The van der Waals surface area contributed by atoms with Crippen molar-refractivity contribution in [2.75, 3.05) is 6.54 Å². The van der Waals surface area contributed by atoms with Gasteiger partial charge in [0.2, 0.25) is 0 Å². The van der Waals surface area contributed by atoms with Crippen LogP contribution in [0, 0.1) is 13.8 Å². The molecule has 0 atom stereocenters. The number of hydrogen-bond acceptors (Lipinski definition) is 3. The van der Waals surface area contributed by atoms with Crippen LogP contribution in [-0.2, 0) is 17.9 Å². The van der Waals surface area contributed by atoms with Crippen LogP contribution in [0.25, 0.3) is 21.8 Å². The van der Waals surface area contributed by atoms with E-state index >= 15 is 0 Å². The lowest BCUT2D eigenvalue weighted by Gasteiger charge is -2.19. The normalized spacial score (nSPS) is 12.2. The summed E-state index contributed by atoms with van der Waals surface area (Å²) in [4.78, 5) is 5.71. The number of nitrogens with one attached hydrogen (secondary N) is 1. The first kappa shape index (κ1) is 22.1. The smallest absolute Gasteiger partial charge is 0.122 e. The van der Waals surface area contributed by atoms with Crippen LogP contribution < -0.4 is 10.7 Å². The maximum Gasteiger partial charge on any atom is 0.122 e. The minimum absolute atomic E-state index is 0.0402. The van der Waals surface area contributed by atoms with E-state index in [1.807, 2.05) is 13.8 Å². The Labute approximate surface area is 190 Å². The van der Waals surface area contributed by atoms with Gasteiger partial charge in [-0.3, -0.25) is 0 Å². The van der Waals surface area contributed by atoms with Gasteiger partial charge in [-0.2, -0.15) is 0 Å². The summed E-state index contributed by atoms with van der Waals surface area (Å²) in [5.41, 5.74) is 6.35. The fraction of sp³-hybridized carbons (Fsp3) is 0.321. The molecule has 1 N–H and O–H groups in total. The average Bonchev–Trinajstić information content (AvgIpc) is 2.80. The second kappa shape index (κ2) is 10.0. The molecule has 0 radical (unpaired) electrons. The van der Waals surface area contributed by atoms with Gasteiger partial charge in [0.1, 0.15) is 11.5 Å². The van der Waals surface area contributed by atoms with Gasteiger partial charge in [-0.15, -0.1) is 0 Å². The summed E-state index contributed by atoms with van der Waals surface area (Å²) < 4.78 is 2.46. The number of hydrogen-bond donors (Lipinski definition) is 1. The molecule has 166 valence electrons. The third kappa shape index (κ3) is 4.71. The van der Waals surface area contributed by atoms with Crippen molar-refractivity contribution in [1.29, 1.82) is 0 Å². The van der Waals surface area contributed by atoms with Crippen LogP contribution in [0.5, 0.6) is 0 Å². The molecule has 0 aliphatic heterocycles. The predicted octanol–water partition coefficient (Wildman–Crippen LogP) is 5.83. The summed E-state index contributed by atoms with van der Waals surface area (Å²) in [5, 5.41) is 11.4. The topological polar surface area (TPSA) is 38.5 Å². The molecule has 0 bridgehead atoms. The Morgan fingerprint density at radius 1 is 0.906 bits per heavy atom. The average molecular weight is 428 g/mol. The lowest BCUT2D eigenvalue weighted by Crippen LogP contribution is -2.19. The number of para-hydroxylation sites is 1. The van der Waals surface area contributed by atoms with Crippen molar-refractivity contribution in [3.8, 4) is 0 Å². The molecular weight excluding hydrogens is 394 g/mol. The summed E-state index contributed by atoms with van der Waals surface area (Å²) in [6.07, 6.45) is 1.08. The van der Waals surface area contributed by atoms with Gasteiger partial charge in [0.05, 0.1) is 11.0 Å². The number of nitrogens with zero attached hydrogens (tertiary/aromatic N) is 2. The molecule has 0 fully saturated rings. The number of rotatable bonds is 8. The zero-order valence-corrected chi connectivity index (χ0v) is 19.6. The lowest BCUT2D eigenvalue weighted by molar-refractivity contribution is 0.0777. The molecule has 0 aliphatic rings. The van der Waals surface area contributed by atoms with Gasteiger partial charge in [0, 0.05) is 23.9 Å². The van der Waals surface area contributed by atoms with Crippen LogP contribution in [0.3, 0.4) is 0 Å². The van der Waals surface area contributed by atoms with Crippen molar-refractivity contribution < 1.29 is 4.84 Å². The number of pyridine rings is 1. The molecule has 4 rings (SSSR count). The molecule has 4 aromatic rings. The van der Waals surface area contributed by atoms with Gasteiger partial charge >= 0.3 is 0 Å². The van der Waals surface area contributed by atoms with Crippen LogP contribution in [-0.4, -0.2) is 17.2 Å². The van der Waals surface area contributed by atoms with E-state index in [1.165, 1.54) is 27.7 Å². The maximum absolute atomic E-state index is 5.71. The van der Waals surface area contributed by atoms with Crippen LogP contribution >= 0.6 is 0 Å². The fourth-order valence-electron chi connectivity index (χ4n) is 4.19. The Morgan fingerprint density at radius 3 is 2.44 bits per heavy atom. The summed E-state index contributed by atoms with van der Waals surface area (Å²) in [6, 6.07) is 23.5. The maximum atomic E-state index is 5.71. The Kier molecular flexibility index (Phi) is 6.91. The van der Waals surface area contributed by atoms with Crippen LogP contribution in [0.2, 0.25) is 0 Å². The van der Waals surface area contributed by atoms with Gasteiger partial charge in [-0.25, -0.2) is 0 Å². The van der Waals surface area contributed by atoms with Gasteiger partial charge in [-0.1, -0.05) is 65.8 Å². The molecule has 0 amide bonds. The fourth-order valence-corrected chi connectivity index (χ4v) is 4.19. The van der Waals surface area contributed by atoms with Gasteiger partial charge in [-0.05, 0) is 63.4 Å². The van der Waals surface area contributed by atoms with E-state index in [2.05, 4.69) is 95.6 Å². The van der Waals surface area contributed by atoms with Gasteiger partial charge in [0.15, 0.2) is 0 Å². The first-order valence-electron chi connectivity index (χ1n) is 11.5. The number of fused-ring (bicyclic) bond motifs is 2. The number of benzene rings is 3. The highest BCUT2D eigenvalue weighted by Crippen LogP contribution is 2.25.